The van der Waals surface area contributed by atoms with Crippen molar-refractivity contribution in [2.45, 2.75) is 19.5 Å². The fourth-order valence-electron chi connectivity index (χ4n) is 1.51. The zero-order chi connectivity index (χ0) is 14.5. The number of furan rings is 1. The summed E-state index contributed by atoms with van der Waals surface area (Å²) in [6, 6.07) is 6.41. The first-order valence-corrected chi connectivity index (χ1v) is 7.53. The minimum atomic E-state index is -0.613. The van der Waals surface area contributed by atoms with Crippen LogP contribution in [0.15, 0.2) is 38.7 Å². The number of halogens is 1. The van der Waals surface area contributed by atoms with Crippen molar-refractivity contribution in [2.24, 2.45) is 0 Å². The predicted molar refractivity (Wildman–Crippen MR) is 79.5 cm³/mol. The maximum atomic E-state index is 11.9. The first kappa shape index (κ1) is 14.8. The average Bonchev–Trinajstić information content (AvgIpc) is 3.06. The van der Waals surface area contributed by atoms with Crippen LogP contribution in [-0.4, -0.2) is 17.9 Å². The summed E-state index contributed by atoms with van der Waals surface area (Å²) >= 11 is 4.61. The van der Waals surface area contributed by atoms with Crippen LogP contribution < -0.4 is 10.6 Å². The fourth-order valence-corrected chi connectivity index (χ4v) is 2.80. The van der Waals surface area contributed by atoms with Crippen molar-refractivity contribution < 1.29 is 14.0 Å². The van der Waals surface area contributed by atoms with Crippen LogP contribution in [-0.2, 0) is 11.3 Å². The number of nitrogens with one attached hydrogen (secondary N) is 2. The lowest BCUT2D eigenvalue weighted by Gasteiger charge is -2.12. The number of carbonyl (C=O) groups excluding carboxylic acids is 2. The highest BCUT2D eigenvalue weighted by Crippen LogP contribution is 2.21. The van der Waals surface area contributed by atoms with E-state index in [4.69, 9.17) is 4.42 Å². The zero-order valence-electron chi connectivity index (χ0n) is 10.7. The van der Waals surface area contributed by atoms with E-state index in [0.717, 1.165) is 3.79 Å². The predicted octanol–water partition coefficient (Wildman–Crippen LogP) is 2.54. The van der Waals surface area contributed by atoms with Gasteiger partial charge in [-0.25, -0.2) is 0 Å². The molecule has 106 valence electrons. The summed E-state index contributed by atoms with van der Waals surface area (Å²) in [6.07, 6.45) is 1.54. The van der Waals surface area contributed by atoms with Gasteiger partial charge in [-0.15, -0.1) is 11.3 Å². The molecule has 1 atom stereocenters. The first-order chi connectivity index (χ1) is 9.56. The standard InChI is InChI=1S/C13H13BrN2O3S/c1-8(12(17)15-7-9-3-2-6-19-9)16-13(18)10-4-5-11(14)20-10/h2-6,8H,7H2,1H3,(H,15,17)(H,16,18)/t8-/m0/s1. The lowest BCUT2D eigenvalue weighted by molar-refractivity contribution is -0.122. The van der Waals surface area contributed by atoms with Gasteiger partial charge in [-0.2, -0.15) is 0 Å². The van der Waals surface area contributed by atoms with Gasteiger partial charge in [0.25, 0.3) is 5.91 Å². The molecule has 0 aliphatic rings. The molecule has 2 aromatic rings. The van der Waals surface area contributed by atoms with Gasteiger partial charge in [0.1, 0.15) is 11.8 Å². The first-order valence-electron chi connectivity index (χ1n) is 5.92. The quantitative estimate of drug-likeness (QED) is 0.864. The van der Waals surface area contributed by atoms with Gasteiger partial charge in [0.05, 0.1) is 21.5 Å². The Bertz CT molecular complexity index is 595. The maximum absolute atomic E-state index is 11.9. The maximum Gasteiger partial charge on any atom is 0.262 e. The van der Waals surface area contributed by atoms with E-state index in [0.29, 0.717) is 17.2 Å². The Morgan fingerprint density at radius 1 is 1.40 bits per heavy atom. The Labute approximate surface area is 128 Å². The van der Waals surface area contributed by atoms with Crippen LogP contribution in [0.4, 0.5) is 0 Å². The SMILES string of the molecule is C[C@H](NC(=O)c1ccc(Br)s1)C(=O)NCc1ccco1. The molecule has 0 spiro atoms. The number of carbonyl (C=O) groups is 2. The van der Waals surface area contributed by atoms with E-state index >= 15 is 0 Å². The van der Waals surface area contributed by atoms with Crippen LogP contribution in [0, 0.1) is 0 Å². The highest BCUT2D eigenvalue weighted by molar-refractivity contribution is 9.11. The summed E-state index contributed by atoms with van der Waals surface area (Å²) in [4.78, 5) is 24.3. The molecule has 0 radical (unpaired) electrons. The van der Waals surface area contributed by atoms with E-state index in [1.807, 2.05) is 0 Å². The van der Waals surface area contributed by atoms with Gasteiger partial charge < -0.3 is 15.1 Å². The molecule has 0 fully saturated rings. The Kier molecular flexibility index (Phi) is 4.97. The molecule has 0 saturated carbocycles. The molecule has 2 N–H and O–H groups in total. The van der Waals surface area contributed by atoms with Gasteiger partial charge in [-0.3, -0.25) is 9.59 Å². The monoisotopic (exact) mass is 356 g/mol. The van der Waals surface area contributed by atoms with Crippen LogP contribution in [0.5, 0.6) is 0 Å². The molecule has 0 unspecified atom stereocenters. The van der Waals surface area contributed by atoms with Crippen molar-refractivity contribution in [3.63, 3.8) is 0 Å². The van der Waals surface area contributed by atoms with Crippen LogP contribution >= 0.6 is 27.3 Å². The third-order valence-electron chi connectivity index (χ3n) is 2.55. The van der Waals surface area contributed by atoms with Crippen LogP contribution in [0.3, 0.4) is 0 Å². The second-order valence-electron chi connectivity index (χ2n) is 4.10. The molecule has 7 heteroatoms. The molecule has 5 nitrogen and oxygen atoms in total. The molecule has 2 aromatic heterocycles. The second-order valence-corrected chi connectivity index (χ2v) is 6.56. The van der Waals surface area contributed by atoms with Crippen LogP contribution in [0.25, 0.3) is 0 Å². The number of amides is 2. The molecule has 0 aliphatic heterocycles. The smallest absolute Gasteiger partial charge is 0.262 e. The molecule has 2 amide bonds. The zero-order valence-corrected chi connectivity index (χ0v) is 13.1. The molecular weight excluding hydrogens is 344 g/mol. The van der Waals surface area contributed by atoms with E-state index in [1.165, 1.54) is 11.3 Å². The van der Waals surface area contributed by atoms with Crippen molar-refractivity contribution in [1.82, 2.24) is 10.6 Å². The lowest BCUT2D eigenvalue weighted by atomic mass is 10.3. The molecule has 2 heterocycles. The molecular formula is C13H13BrN2O3S. The minimum Gasteiger partial charge on any atom is -0.467 e. The summed E-state index contributed by atoms with van der Waals surface area (Å²) in [5.74, 6) is 0.144. The average molecular weight is 357 g/mol. The summed E-state index contributed by atoms with van der Waals surface area (Å²) in [5.41, 5.74) is 0. The highest BCUT2D eigenvalue weighted by Gasteiger charge is 2.17. The molecule has 0 aromatic carbocycles. The van der Waals surface area contributed by atoms with Gasteiger partial charge in [0.2, 0.25) is 5.91 Å². The van der Waals surface area contributed by atoms with Crippen molar-refractivity contribution >= 4 is 39.1 Å². The minimum absolute atomic E-state index is 0.259. The molecule has 0 bridgehead atoms. The third-order valence-corrected chi connectivity index (χ3v) is 4.18. The van der Waals surface area contributed by atoms with E-state index in [1.54, 1.807) is 37.5 Å². The van der Waals surface area contributed by atoms with Crippen molar-refractivity contribution in [1.29, 1.82) is 0 Å². The largest absolute Gasteiger partial charge is 0.467 e. The number of hydrogen-bond acceptors (Lipinski definition) is 4. The lowest BCUT2D eigenvalue weighted by Crippen LogP contribution is -2.44. The topological polar surface area (TPSA) is 71.3 Å². The number of rotatable bonds is 5. The Morgan fingerprint density at radius 2 is 2.20 bits per heavy atom. The van der Waals surface area contributed by atoms with Gasteiger partial charge in [0, 0.05) is 0 Å². The van der Waals surface area contributed by atoms with Crippen LogP contribution in [0.1, 0.15) is 22.4 Å². The van der Waals surface area contributed by atoms with Crippen LogP contribution in [0.2, 0.25) is 0 Å². The third kappa shape index (κ3) is 3.94. The van der Waals surface area contributed by atoms with E-state index < -0.39 is 6.04 Å². The summed E-state index contributed by atoms with van der Waals surface area (Å²) in [6.45, 7) is 1.94. The van der Waals surface area contributed by atoms with Crippen molar-refractivity contribution in [3.8, 4) is 0 Å². The molecule has 20 heavy (non-hydrogen) atoms. The number of thiophene rings is 1. The molecule has 0 saturated heterocycles. The normalized spacial score (nSPS) is 11.9. The van der Waals surface area contributed by atoms with E-state index in [2.05, 4.69) is 26.6 Å². The Balaban J connectivity index is 1.83. The fraction of sp³-hybridized carbons (Fsp3) is 0.231. The second kappa shape index (κ2) is 6.71. The summed E-state index contributed by atoms with van der Waals surface area (Å²) in [5, 5.41) is 5.34. The summed E-state index contributed by atoms with van der Waals surface area (Å²) in [7, 11) is 0. The Hall–Kier alpha value is -1.60. The van der Waals surface area contributed by atoms with Gasteiger partial charge in [-0.05, 0) is 47.1 Å². The molecule has 2 rings (SSSR count). The van der Waals surface area contributed by atoms with Gasteiger partial charge in [0.15, 0.2) is 0 Å². The van der Waals surface area contributed by atoms with Crippen molar-refractivity contribution in [3.05, 3.63) is 45.0 Å². The number of hydrogen-bond donors (Lipinski definition) is 2. The van der Waals surface area contributed by atoms with Gasteiger partial charge in [-0.1, -0.05) is 0 Å². The van der Waals surface area contributed by atoms with Gasteiger partial charge >= 0.3 is 0 Å². The van der Waals surface area contributed by atoms with E-state index in [9.17, 15) is 9.59 Å². The summed E-state index contributed by atoms with van der Waals surface area (Å²) < 4.78 is 5.98. The Morgan fingerprint density at radius 3 is 2.80 bits per heavy atom. The van der Waals surface area contributed by atoms with E-state index in [-0.39, 0.29) is 11.8 Å². The molecule has 0 aliphatic carbocycles. The highest BCUT2D eigenvalue weighted by atomic mass is 79.9. The van der Waals surface area contributed by atoms with Crippen molar-refractivity contribution in [2.75, 3.05) is 0 Å².